The molecule has 1 fully saturated rings. The monoisotopic (exact) mass is 421 g/mol. The molecule has 156 valence electrons. The van der Waals surface area contributed by atoms with E-state index in [1.165, 1.54) is 0 Å². The van der Waals surface area contributed by atoms with E-state index in [4.69, 9.17) is 15.3 Å². The predicted molar refractivity (Wildman–Crippen MR) is 119 cm³/mol. The van der Waals surface area contributed by atoms with Gasteiger partial charge in [0.1, 0.15) is 12.3 Å². The second-order valence-electron chi connectivity index (χ2n) is 7.83. The lowest BCUT2D eigenvalue weighted by atomic mass is 9.96. The van der Waals surface area contributed by atoms with Gasteiger partial charge in [-0.25, -0.2) is 0 Å². The summed E-state index contributed by atoms with van der Waals surface area (Å²) in [6.45, 7) is 2.11. The number of hydrogen-bond acceptors (Lipinski definition) is 6. The first-order valence-corrected chi connectivity index (χ1v) is 10.4. The molecule has 3 heterocycles. The molecule has 7 nitrogen and oxygen atoms in total. The van der Waals surface area contributed by atoms with Gasteiger partial charge in [0.05, 0.1) is 41.9 Å². The number of nitriles is 2. The Labute approximate surface area is 185 Å². The van der Waals surface area contributed by atoms with Crippen molar-refractivity contribution >= 4 is 17.3 Å². The lowest BCUT2D eigenvalue weighted by molar-refractivity contribution is -0.123. The summed E-state index contributed by atoms with van der Waals surface area (Å²) in [5.41, 5.74) is 4.51. The molecule has 1 amide bonds. The minimum absolute atomic E-state index is 0.0565. The van der Waals surface area contributed by atoms with E-state index in [1.807, 2.05) is 30.3 Å². The third kappa shape index (κ3) is 3.40. The van der Waals surface area contributed by atoms with Crippen molar-refractivity contribution in [2.24, 2.45) is 5.92 Å². The Balaban J connectivity index is 1.36. The third-order valence-corrected chi connectivity index (χ3v) is 5.89. The highest BCUT2D eigenvalue weighted by atomic mass is 16.5. The molecule has 2 aliphatic rings. The van der Waals surface area contributed by atoms with E-state index in [1.54, 1.807) is 35.5 Å². The zero-order chi connectivity index (χ0) is 22.1. The van der Waals surface area contributed by atoms with Crippen molar-refractivity contribution in [2.75, 3.05) is 36.0 Å². The maximum atomic E-state index is 13.3. The topological polar surface area (TPSA) is 93.2 Å². The number of amides is 1. The summed E-state index contributed by atoms with van der Waals surface area (Å²) in [6, 6.07) is 18.9. The van der Waals surface area contributed by atoms with Crippen LogP contribution in [0.25, 0.3) is 11.1 Å². The van der Waals surface area contributed by atoms with Crippen molar-refractivity contribution in [1.82, 2.24) is 4.98 Å². The van der Waals surface area contributed by atoms with Crippen LogP contribution < -0.4 is 14.5 Å². The Bertz CT molecular complexity index is 1270. The van der Waals surface area contributed by atoms with Crippen molar-refractivity contribution in [3.63, 3.8) is 0 Å². The highest BCUT2D eigenvalue weighted by Crippen LogP contribution is 2.41. The van der Waals surface area contributed by atoms with Gasteiger partial charge in [0.2, 0.25) is 5.91 Å². The van der Waals surface area contributed by atoms with Gasteiger partial charge in [-0.15, -0.1) is 0 Å². The largest absolute Gasteiger partial charge is 0.489 e. The first-order chi connectivity index (χ1) is 15.7. The molecule has 32 heavy (non-hydrogen) atoms. The molecular weight excluding hydrogens is 402 g/mol. The summed E-state index contributed by atoms with van der Waals surface area (Å²) in [7, 11) is 0. The second kappa shape index (κ2) is 8.05. The highest BCUT2D eigenvalue weighted by molar-refractivity contribution is 5.99. The van der Waals surface area contributed by atoms with Gasteiger partial charge in [-0.05, 0) is 35.9 Å². The zero-order valence-electron chi connectivity index (χ0n) is 17.2. The van der Waals surface area contributed by atoms with Gasteiger partial charge in [-0.3, -0.25) is 9.78 Å². The quantitative estimate of drug-likeness (QED) is 0.644. The van der Waals surface area contributed by atoms with E-state index in [-0.39, 0.29) is 11.8 Å². The van der Waals surface area contributed by atoms with E-state index in [9.17, 15) is 4.79 Å². The molecule has 1 aromatic heterocycles. The fourth-order valence-corrected chi connectivity index (χ4v) is 4.14. The number of hydrogen-bond donors (Lipinski definition) is 0. The number of carbonyl (C=O) groups is 1. The summed E-state index contributed by atoms with van der Waals surface area (Å²) >= 11 is 0. The number of aromatic nitrogens is 1. The molecule has 0 radical (unpaired) electrons. The molecule has 0 saturated carbocycles. The summed E-state index contributed by atoms with van der Waals surface area (Å²) in [4.78, 5) is 21.5. The van der Waals surface area contributed by atoms with Crippen molar-refractivity contribution in [1.29, 1.82) is 10.5 Å². The molecule has 2 aliphatic heterocycles. The van der Waals surface area contributed by atoms with E-state index in [2.05, 4.69) is 22.0 Å². The maximum absolute atomic E-state index is 13.3. The number of rotatable bonds is 3. The van der Waals surface area contributed by atoms with E-state index in [0.717, 1.165) is 16.8 Å². The van der Waals surface area contributed by atoms with Crippen molar-refractivity contribution in [3.8, 4) is 29.0 Å². The Kier molecular flexibility index (Phi) is 4.93. The normalized spacial score (nSPS) is 15.1. The Morgan fingerprint density at radius 2 is 1.81 bits per heavy atom. The van der Waals surface area contributed by atoms with Crippen LogP contribution in [-0.2, 0) is 4.79 Å². The SMILES string of the molecule is N#Cc1ccc(-c2cncc3c2OCCN3C(=O)C2CN(c3cccc(C#N)c3)C2)cc1. The predicted octanol–water partition coefficient (Wildman–Crippen LogP) is 3.35. The van der Waals surface area contributed by atoms with Gasteiger partial charge < -0.3 is 14.5 Å². The first kappa shape index (κ1) is 19.6. The molecule has 7 heteroatoms. The molecule has 0 N–H and O–H groups in total. The number of ether oxygens (including phenoxy) is 1. The van der Waals surface area contributed by atoms with Crippen LogP contribution in [0.1, 0.15) is 11.1 Å². The number of pyridine rings is 1. The maximum Gasteiger partial charge on any atom is 0.233 e. The van der Waals surface area contributed by atoms with Crippen molar-refractivity contribution in [2.45, 2.75) is 0 Å². The van der Waals surface area contributed by atoms with Crippen LogP contribution in [0.3, 0.4) is 0 Å². The van der Waals surface area contributed by atoms with Gasteiger partial charge in [0.15, 0.2) is 5.75 Å². The molecule has 3 aromatic rings. The van der Waals surface area contributed by atoms with E-state index < -0.39 is 0 Å². The zero-order valence-corrected chi connectivity index (χ0v) is 17.2. The summed E-state index contributed by atoms with van der Waals surface area (Å²) in [6.07, 6.45) is 3.40. The average molecular weight is 421 g/mol. The summed E-state index contributed by atoms with van der Waals surface area (Å²) in [5, 5.41) is 18.1. The average Bonchev–Trinajstić information content (AvgIpc) is 2.82. The molecule has 1 saturated heterocycles. The van der Waals surface area contributed by atoms with Gasteiger partial charge >= 0.3 is 0 Å². The number of benzene rings is 2. The smallest absolute Gasteiger partial charge is 0.233 e. The lowest BCUT2D eigenvalue weighted by Gasteiger charge is -2.43. The number of nitrogens with zero attached hydrogens (tertiary/aromatic N) is 5. The van der Waals surface area contributed by atoms with Gasteiger partial charge in [-0.2, -0.15) is 10.5 Å². The Morgan fingerprint density at radius 3 is 2.56 bits per heavy atom. The molecule has 2 aromatic carbocycles. The molecule has 0 aliphatic carbocycles. The van der Waals surface area contributed by atoms with Crippen LogP contribution in [0.5, 0.6) is 5.75 Å². The number of anilines is 2. The lowest BCUT2D eigenvalue weighted by Crippen LogP contribution is -2.56. The second-order valence-corrected chi connectivity index (χ2v) is 7.83. The van der Waals surface area contributed by atoms with Crippen LogP contribution in [0.15, 0.2) is 60.9 Å². The number of fused-ring (bicyclic) bond motifs is 1. The van der Waals surface area contributed by atoms with Crippen molar-refractivity contribution < 1.29 is 9.53 Å². The van der Waals surface area contributed by atoms with Crippen LogP contribution in [0.2, 0.25) is 0 Å². The van der Waals surface area contributed by atoms with Crippen LogP contribution in [0, 0.1) is 28.6 Å². The van der Waals surface area contributed by atoms with Crippen molar-refractivity contribution in [3.05, 3.63) is 72.1 Å². The molecule has 0 spiro atoms. The molecule has 5 rings (SSSR count). The third-order valence-electron chi connectivity index (χ3n) is 5.89. The highest BCUT2D eigenvalue weighted by Gasteiger charge is 2.38. The first-order valence-electron chi connectivity index (χ1n) is 10.4. The van der Waals surface area contributed by atoms with Crippen LogP contribution in [-0.4, -0.2) is 37.1 Å². The van der Waals surface area contributed by atoms with E-state index in [0.29, 0.717) is 48.8 Å². The fourth-order valence-electron chi connectivity index (χ4n) is 4.14. The Hall–Kier alpha value is -4.36. The van der Waals surface area contributed by atoms with Crippen LogP contribution in [0.4, 0.5) is 11.4 Å². The standard InChI is InChI=1S/C25H19N5O2/c26-11-17-4-6-19(7-5-17)22-13-28-14-23-24(22)32-9-8-30(23)25(31)20-15-29(16-20)21-3-1-2-18(10-21)12-27/h1-7,10,13-14,20H,8-9,15-16H2. The molecule has 0 bridgehead atoms. The van der Waals surface area contributed by atoms with Gasteiger partial charge in [0, 0.05) is 30.5 Å². The minimum atomic E-state index is -0.120. The number of carbonyl (C=O) groups excluding carboxylic acids is 1. The minimum Gasteiger partial charge on any atom is -0.489 e. The molecule has 0 atom stereocenters. The van der Waals surface area contributed by atoms with Gasteiger partial charge in [-0.1, -0.05) is 18.2 Å². The van der Waals surface area contributed by atoms with Crippen LogP contribution >= 0.6 is 0 Å². The fraction of sp³-hybridized carbons (Fsp3) is 0.200. The summed E-state index contributed by atoms with van der Waals surface area (Å²) in [5.74, 6) is 0.577. The Morgan fingerprint density at radius 1 is 1.03 bits per heavy atom. The molecular formula is C25H19N5O2. The van der Waals surface area contributed by atoms with Gasteiger partial charge in [0.25, 0.3) is 0 Å². The molecule has 0 unspecified atom stereocenters. The summed E-state index contributed by atoms with van der Waals surface area (Å²) < 4.78 is 5.95. The van der Waals surface area contributed by atoms with E-state index >= 15 is 0 Å².